The normalized spacial score (nSPS) is 11.0. The lowest BCUT2D eigenvalue weighted by Gasteiger charge is -2.07. The molecule has 26 heavy (non-hydrogen) atoms. The predicted molar refractivity (Wildman–Crippen MR) is 109 cm³/mol. The molecule has 0 bridgehead atoms. The fourth-order valence-corrected chi connectivity index (χ4v) is 3.36. The largest absolute Gasteiger partial charge is 0.358 e. The molecule has 0 aliphatic carbocycles. The van der Waals surface area contributed by atoms with E-state index in [0.717, 1.165) is 28.1 Å². The van der Waals surface area contributed by atoms with Gasteiger partial charge < -0.3 is 10.3 Å². The molecule has 0 aliphatic heterocycles. The second-order valence-electron chi connectivity index (χ2n) is 6.41. The fourth-order valence-electron chi connectivity index (χ4n) is 2.73. The number of aromatic amines is 1. The molecule has 0 atom stereocenters. The zero-order chi connectivity index (χ0) is 19.3. The number of benzene rings is 2. The van der Waals surface area contributed by atoms with E-state index in [4.69, 9.17) is 0 Å². The van der Waals surface area contributed by atoms with Crippen LogP contribution in [0.25, 0.3) is 22.4 Å². The first-order chi connectivity index (χ1) is 12.3. The van der Waals surface area contributed by atoms with Crippen molar-refractivity contribution in [3.63, 3.8) is 0 Å². The van der Waals surface area contributed by atoms with Crippen molar-refractivity contribution in [2.75, 3.05) is 20.4 Å². The van der Waals surface area contributed by atoms with Crippen LogP contribution in [0.1, 0.15) is 11.3 Å². The van der Waals surface area contributed by atoms with Crippen LogP contribution in [0.5, 0.6) is 0 Å². The van der Waals surface area contributed by atoms with Crippen molar-refractivity contribution in [2.24, 2.45) is 0 Å². The van der Waals surface area contributed by atoms with Gasteiger partial charge in [0.05, 0.1) is 10.6 Å². The van der Waals surface area contributed by atoms with Gasteiger partial charge in [0.1, 0.15) is 0 Å². The minimum atomic E-state index is -3.17. The fraction of sp³-hybridized carbons (Fsp3) is 0.238. The molecule has 0 saturated heterocycles. The molecule has 0 unspecified atom stereocenters. The first-order valence-electron chi connectivity index (χ1n) is 8.42. The molecule has 0 aliphatic rings. The summed E-state index contributed by atoms with van der Waals surface area (Å²) in [4.78, 5) is 3.72. The summed E-state index contributed by atoms with van der Waals surface area (Å²) in [5.74, 6) is 0. The highest BCUT2D eigenvalue weighted by molar-refractivity contribution is 7.90. The highest BCUT2D eigenvalue weighted by atomic mass is 32.2. The molecular formula is C21H26N2O2S. The Hall–Kier alpha value is -2.37. The van der Waals surface area contributed by atoms with Gasteiger partial charge in [0.2, 0.25) is 0 Å². The van der Waals surface area contributed by atoms with Crippen LogP contribution in [0, 0.1) is 13.8 Å². The second kappa shape index (κ2) is 8.34. The number of rotatable bonds is 3. The molecule has 5 heteroatoms. The van der Waals surface area contributed by atoms with Gasteiger partial charge in [-0.05, 0) is 57.3 Å². The second-order valence-corrected chi connectivity index (χ2v) is 8.42. The highest BCUT2D eigenvalue weighted by Gasteiger charge is 2.12. The van der Waals surface area contributed by atoms with Gasteiger partial charge in [-0.1, -0.05) is 42.0 Å². The molecule has 0 radical (unpaired) electrons. The van der Waals surface area contributed by atoms with Crippen molar-refractivity contribution in [2.45, 2.75) is 18.7 Å². The van der Waals surface area contributed by atoms with E-state index in [0.29, 0.717) is 4.90 Å². The van der Waals surface area contributed by atoms with Gasteiger partial charge in [-0.3, -0.25) is 0 Å². The molecule has 3 rings (SSSR count). The number of hydrogen-bond donors (Lipinski definition) is 2. The molecule has 1 aromatic heterocycles. The monoisotopic (exact) mass is 370 g/mol. The Labute approximate surface area is 156 Å². The summed E-state index contributed by atoms with van der Waals surface area (Å²) in [7, 11) is 0.575. The minimum absolute atomic E-state index is 0.335. The molecule has 138 valence electrons. The lowest BCUT2D eigenvalue weighted by molar-refractivity contribution is 0.602. The molecule has 0 fully saturated rings. The predicted octanol–water partition coefficient (Wildman–Crippen LogP) is 4.20. The molecule has 3 aromatic rings. The van der Waals surface area contributed by atoms with Crippen LogP contribution in [0.3, 0.4) is 0 Å². The zero-order valence-corrected chi connectivity index (χ0v) is 16.7. The van der Waals surface area contributed by atoms with E-state index in [1.165, 1.54) is 11.8 Å². The van der Waals surface area contributed by atoms with Crippen LogP contribution < -0.4 is 5.32 Å². The quantitative estimate of drug-likeness (QED) is 0.726. The highest BCUT2D eigenvalue weighted by Crippen LogP contribution is 2.33. The molecular weight excluding hydrogens is 344 g/mol. The number of H-pyrrole nitrogens is 1. The summed E-state index contributed by atoms with van der Waals surface area (Å²) in [5, 5.41) is 2.75. The molecule has 0 spiro atoms. The van der Waals surface area contributed by atoms with E-state index in [1.807, 2.05) is 39.2 Å². The van der Waals surface area contributed by atoms with Gasteiger partial charge in [0.15, 0.2) is 9.84 Å². The third-order valence-electron chi connectivity index (χ3n) is 3.85. The standard InChI is InChI=1S/C19H19NO2S.C2H7N/c1-13-5-4-6-16(11-13)18-12-14(2)20-19(18)15-7-9-17(10-8-15)23(3,21)22;1-3-2/h4-12,20H,1-3H3;3H,1-2H3. The van der Waals surface area contributed by atoms with Crippen molar-refractivity contribution in [1.29, 1.82) is 0 Å². The van der Waals surface area contributed by atoms with E-state index >= 15 is 0 Å². The third kappa shape index (κ3) is 4.84. The zero-order valence-electron chi connectivity index (χ0n) is 15.9. The van der Waals surface area contributed by atoms with Crippen LogP contribution in [0.2, 0.25) is 0 Å². The summed E-state index contributed by atoms with van der Waals surface area (Å²) in [6.07, 6.45) is 1.22. The van der Waals surface area contributed by atoms with Crippen molar-refractivity contribution < 1.29 is 8.42 Å². The summed E-state index contributed by atoms with van der Waals surface area (Å²) < 4.78 is 23.2. The van der Waals surface area contributed by atoms with Crippen LogP contribution in [0.4, 0.5) is 0 Å². The lowest BCUT2D eigenvalue weighted by Crippen LogP contribution is -1.96. The molecule has 2 N–H and O–H groups in total. The Kier molecular flexibility index (Phi) is 6.40. The van der Waals surface area contributed by atoms with Crippen LogP contribution >= 0.6 is 0 Å². The average molecular weight is 371 g/mol. The van der Waals surface area contributed by atoms with Crippen LogP contribution in [-0.2, 0) is 9.84 Å². The van der Waals surface area contributed by atoms with Crippen LogP contribution in [0.15, 0.2) is 59.5 Å². The van der Waals surface area contributed by atoms with Gasteiger partial charge >= 0.3 is 0 Å². The third-order valence-corrected chi connectivity index (χ3v) is 4.98. The minimum Gasteiger partial charge on any atom is -0.358 e. The summed E-state index contributed by atoms with van der Waals surface area (Å²) >= 11 is 0. The summed E-state index contributed by atoms with van der Waals surface area (Å²) in [5.41, 5.74) is 6.54. The van der Waals surface area contributed by atoms with Crippen LogP contribution in [-0.4, -0.2) is 33.8 Å². The lowest BCUT2D eigenvalue weighted by atomic mass is 10.00. The number of sulfone groups is 1. The van der Waals surface area contributed by atoms with Gasteiger partial charge in [-0.15, -0.1) is 0 Å². The molecule has 2 aromatic carbocycles. The molecule has 4 nitrogen and oxygen atoms in total. The van der Waals surface area contributed by atoms with E-state index in [2.05, 4.69) is 41.5 Å². The van der Waals surface area contributed by atoms with Crippen molar-refractivity contribution in [1.82, 2.24) is 10.3 Å². The number of hydrogen-bond acceptors (Lipinski definition) is 3. The summed E-state index contributed by atoms with van der Waals surface area (Å²) in [6.45, 7) is 4.09. The smallest absolute Gasteiger partial charge is 0.175 e. The van der Waals surface area contributed by atoms with E-state index in [1.54, 1.807) is 12.1 Å². The van der Waals surface area contributed by atoms with Gasteiger partial charge in [-0.25, -0.2) is 8.42 Å². The Balaban J connectivity index is 0.000000758. The van der Waals surface area contributed by atoms with Crippen molar-refractivity contribution in [3.05, 3.63) is 65.9 Å². The number of nitrogens with one attached hydrogen (secondary N) is 2. The van der Waals surface area contributed by atoms with E-state index in [-0.39, 0.29) is 0 Å². The van der Waals surface area contributed by atoms with E-state index in [9.17, 15) is 8.42 Å². The first kappa shape index (κ1) is 19.9. The maximum Gasteiger partial charge on any atom is 0.175 e. The number of aromatic nitrogens is 1. The Morgan fingerprint density at radius 2 is 1.50 bits per heavy atom. The SMILES string of the molecule is CNC.Cc1cccc(-c2cc(C)[nH]c2-c2ccc(S(C)(=O)=O)cc2)c1. The molecule has 0 saturated carbocycles. The Morgan fingerprint density at radius 3 is 2.04 bits per heavy atom. The molecule has 0 amide bonds. The van der Waals surface area contributed by atoms with Crippen molar-refractivity contribution >= 4 is 9.84 Å². The first-order valence-corrected chi connectivity index (χ1v) is 10.3. The maximum absolute atomic E-state index is 11.6. The Morgan fingerprint density at radius 1 is 0.885 bits per heavy atom. The van der Waals surface area contributed by atoms with Gasteiger partial charge in [-0.2, -0.15) is 0 Å². The number of aryl methyl sites for hydroxylation is 2. The van der Waals surface area contributed by atoms with Gasteiger partial charge in [0, 0.05) is 17.5 Å². The van der Waals surface area contributed by atoms with Gasteiger partial charge in [0.25, 0.3) is 0 Å². The topological polar surface area (TPSA) is 62.0 Å². The van der Waals surface area contributed by atoms with Crippen molar-refractivity contribution in [3.8, 4) is 22.4 Å². The van der Waals surface area contributed by atoms with E-state index < -0.39 is 9.84 Å². The average Bonchev–Trinajstić information content (AvgIpc) is 2.97. The maximum atomic E-state index is 11.6. The molecule has 1 heterocycles. The Bertz CT molecular complexity index is 972. The summed E-state index contributed by atoms with van der Waals surface area (Å²) in [6, 6.07) is 17.5.